The van der Waals surface area contributed by atoms with Crippen molar-refractivity contribution in [3.8, 4) is 5.75 Å². The summed E-state index contributed by atoms with van der Waals surface area (Å²) in [4.78, 5) is 28.5. The minimum Gasteiger partial charge on any atom is -0.497 e. The fraction of sp³-hybridized carbons (Fsp3) is 0.190. The number of hydrogen-bond acceptors (Lipinski definition) is 6. The third kappa shape index (κ3) is 6.85. The SMILES string of the molecule is COc1ccc(NC(=O)CSCc2csc(NC(=O)Cc3ccc(F)cc3)n2)cc1. The molecule has 3 rings (SSSR count). The molecule has 1 aromatic heterocycles. The van der Waals surface area contributed by atoms with Crippen LogP contribution in [0.2, 0.25) is 0 Å². The highest BCUT2D eigenvalue weighted by atomic mass is 32.2. The molecule has 2 aromatic carbocycles. The van der Waals surface area contributed by atoms with Gasteiger partial charge in [0.15, 0.2) is 5.13 Å². The lowest BCUT2D eigenvalue weighted by Crippen LogP contribution is -2.14. The van der Waals surface area contributed by atoms with Gasteiger partial charge in [-0.05, 0) is 42.0 Å². The van der Waals surface area contributed by atoms with Gasteiger partial charge in [0.25, 0.3) is 0 Å². The van der Waals surface area contributed by atoms with Crippen LogP contribution in [0.1, 0.15) is 11.3 Å². The molecule has 0 aliphatic carbocycles. The van der Waals surface area contributed by atoms with Crippen molar-refractivity contribution in [3.05, 3.63) is 71.0 Å². The summed E-state index contributed by atoms with van der Waals surface area (Å²) in [7, 11) is 1.59. The molecule has 0 aliphatic heterocycles. The first-order valence-corrected chi connectivity index (χ1v) is 11.1. The average molecular weight is 446 g/mol. The molecule has 2 amide bonds. The van der Waals surface area contributed by atoms with E-state index >= 15 is 0 Å². The highest BCUT2D eigenvalue weighted by molar-refractivity contribution is 7.99. The molecule has 3 aromatic rings. The molecular weight excluding hydrogens is 425 g/mol. The van der Waals surface area contributed by atoms with Gasteiger partial charge in [-0.3, -0.25) is 9.59 Å². The highest BCUT2D eigenvalue weighted by Gasteiger charge is 2.09. The number of nitrogens with zero attached hydrogens (tertiary/aromatic N) is 1. The van der Waals surface area contributed by atoms with E-state index in [0.717, 1.165) is 17.0 Å². The number of methoxy groups -OCH3 is 1. The van der Waals surface area contributed by atoms with Crippen LogP contribution in [0.4, 0.5) is 15.2 Å². The van der Waals surface area contributed by atoms with Crippen molar-refractivity contribution in [1.29, 1.82) is 0 Å². The fourth-order valence-corrected chi connectivity index (χ4v) is 4.05. The predicted molar refractivity (Wildman–Crippen MR) is 119 cm³/mol. The third-order valence-corrected chi connectivity index (χ3v) is 5.71. The number of ether oxygens (including phenoxy) is 1. The molecule has 0 fully saturated rings. The van der Waals surface area contributed by atoms with Crippen molar-refractivity contribution in [1.82, 2.24) is 4.98 Å². The third-order valence-electron chi connectivity index (χ3n) is 3.93. The predicted octanol–water partition coefficient (Wildman–Crippen LogP) is 4.34. The Bertz CT molecular complexity index is 991. The zero-order valence-electron chi connectivity index (χ0n) is 16.2. The number of amides is 2. The van der Waals surface area contributed by atoms with Gasteiger partial charge in [0.1, 0.15) is 11.6 Å². The second kappa shape index (κ2) is 10.7. The Hall–Kier alpha value is -2.91. The van der Waals surface area contributed by atoms with Crippen LogP contribution in [-0.2, 0) is 21.8 Å². The lowest BCUT2D eigenvalue weighted by molar-refractivity contribution is -0.115. The maximum Gasteiger partial charge on any atom is 0.234 e. The van der Waals surface area contributed by atoms with E-state index in [-0.39, 0.29) is 29.8 Å². The number of carbonyl (C=O) groups excluding carboxylic acids is 2. The summed E-state index contributed by atoms with van der Waals surface area (Å²) in [6.45, 7) is 0. The van der Waals surface area contributed by atoms with E-state index in [1.807, 2.05) is 5.38 Å². The van der Waals surface area contributed by atoms with Crippen molar-refractivity contribution < 1.29 is 18.7 Å². The number of aromatic nitrogens is 1. The molecule has 0 aliphatic rings. The summed E-state index contributed by atoms with van der Waals surface area (Å²) in [5.74, 6) is 0.920. The molecule has 2 N–H and O–H groups in total. The number of rotatable bonds is 9. The maximum absolute atomic E-state index is 12.9. The number of anilines is 2. The summed E-state index contributed by atoms with van der Waals surface area (Å²) in [5, 5.41) is 7.92. The van der Waals surface area contributed by atoms with Crippen LogP contribution in [0.15, 0.2) is 53.9 Å². The molecule has 30 heavy (non-hydrogen) atoms. The molecule has 0 bridgehead atoms. The summed E-state index contributed by atoms with van der Waals surface area (Å²) >= 11 is 2.76. The fourth-order valence-electron chi connectivity index (χ4n) is 2.50. The van der Waals surface area contributed by atoms with Crippen molar-refractivity contribution in [3.63, 3.8) is 0 Å². The van der Waals surface area contributed by atoms with Gasteiger partial charge in [-0.25, -0.2) is 9.37 Å². The van der Waals surface area contributed by atoms with Crippen LogP contribution in [0.3, 0.4) is 0 Å². The van der Waals surface area contributed by atoms with E-state index in [0.29, 0.717) is 16.6 Å². The van der Waals surface area contributed by atoms with Crippen LogP contribution in [-0.4, -0.2) is 29.7 Å². The number of benzene rings is 2. The first-order chi connectivity index (χ1) is 14.5. The van der Waals surface area contributed by atoms with E-state index in [9.17, 15) is 14.0 Å². The number of nitrogens with one attached hydrogen (secondary N) is 2. The van der Waals surface area contributed by atoms with Gasteiger partial charge in [0.2, 0.25) is 11.8 Å². The molecule has 0 atom stereocenters. The Morgan fingerprint density at radius 2 is 1.80 bits per heavy atom. The van der Waals surface area contributed by atoms with Crippen molar-refractivity contribution in [2.75, 3.05) is 23.5 Å². The Morgan fingerprint density at radius 3 is 2.50 bits per heavy atom. The van der Waals surface area contributed by atoms with Gasteiger partial charge in [0.05, 0.1) is 25.0 Å². The zero-order chi connectivity index (χ0) is 21.3. The topological polar surface area (TPSA) is 80.3 Å². The van der Waals surface area contributed by atoms with Crippen molar-refractivity contribution in [2.45, 2.75) is 12.2 Å². The van der Waals surface area contributed by atoms with Crippen molar-refractivity contribution in [2.24, 2.45) is 0 Å². The number of hydrogen-bond donors (Lipinski definition) is 2. The Balaban J connectivity index is 1.39. The minimum atomic E-state index is -0.334. The standard InChI is InChI=1S/C21H20FN3O3S2/c1-28-18-8-6-16(7-9-18)23-20(27)13-29-11-17-12-30-21(24-17)25-19(26)10-14-2-4-15(22)5-3-14/h2-9,12H,10-11,13H2,1H3,(H,23,27)(H,24,25,26). The van der Waals surface area contributed by atoms with E-state index in [1.165, 1.54) is 35.2 Å². The number of thiazole rings is 1. The molecule has 0 saturated carbocycles. The van der Waals surface area contributed by atoms with E-state index in [2.05, 4.69) is 15.6 Å². The van der Waals surface area contributed by atoms with Gasteiger partial charge in [0, 0.05) is 16.8 Å². The summed E-state index contributed by atoms with van der Waals surface area (Å²) in [5.41, 5.74) is 2.23. The molecule has 0 radical (unpaired) electrons. The lowest BCUT2D eigenvalue weighted by Gasteiger charge is -2.06. The van der Waals surface area contributed by atoms with Gasteiger partial charge < -0.3 is 15.4 Å². The maximum atomic E-state index is 12.9. The van der Waals surface area contributed by atoms with E-state index in [1.54, 1.807) is 43.5 Å². The molecule has 0 spiro atoms. The Morgan fingerprint density at radius 1 is 1.07 bits per heavy atom. The average Bonchev–Trinajstić information content (AvgIpc) is 3.17. The van der Waals surface area contributed by atoms with Gasteiger partial charge >= 0.3 is 0 Å². The van der Waals surface area contributed by atoms with E-state index < -0.39 is 0 Å². The second-order valence-electron chi connectivity index (χ2n) is 6.26. The molecule has 156 valence electrons. The van der Waals surface area contributed by atoms with Gasteiger partial charge in [-0.1, -0.05) is 12.1 Å². The number of thioether (sulfide) groups is 1. The first-order valence-electron chi connectivity index (χ1n) is 9.02. The molecular formula is C21H20FN3O3S2. The smallest absolute Gasteiger partial charge is 0.234 e. The van der Waals surface area contributed by atoms with Crippen LogP contribution in [0.25, 0.3) is 0 Å². The normalized spacial score (nSPS) is 10.5. The Labute approximate surface area is 181 Å². The van der Waals surface area contributed by atoms with Gasteiger partial charge in [-0.15, -0.1) is 23.1 Å². The number of carbonyl (C=O) groups is 2. The molecule has 6 nitrogen and oxygen atoms in total. The monoisotopic (exact) mass is 445 g/mol. The lowest BCUT2D eigenvalue weighted by atomic mass is 10.1. The number of halogens is 1. The first kappa shape index (κ1) is 21.8. The largest absolute Gasteiger partial charge is 0.497 e. The van der Waals surface area contributed by atoms with Crippen LogP contribution >= 0.6 is 23.1 Å². The highest BCUT2D eigenvalue weighted by Crippen LogP contribution is 2.20. The van der Waals surface area contributed by atoms with Crippen LogP contribution in [0.5, 0.6) is 5.75 Å². The van der Waals surface area contributed by atoms with Gasteiger partial charge in [-0.2, -0.15) is 0 Å². The van der Waals surface area contributed by atoms with Crippen LogP contribution in [0, 0.1) is 5.82 Å². The quantitative estimate of drug-likeness (QED) is 0.512. The second-order valence-corrected chi connectivity index (χ2v) is 8.11. The molecule has 9 heteroatoms. The van der Waals surface area contributed by atoms with E-state index in [4.69, 9.17) is 4.74 Å². The van der Waals surface area contributed by atoms with Crippen molar-refractivity contribution >= 4 is 45.7 Å². The Kier molecular flexibility index (Phi) is 7.81. The summed E-state index contributed by atoms with van der Waals surface area (Å²) < 4.78 is 18.0. The van der Waals surface area contributed by atoms with Crippen LogP contribution < -0.4 is 15.4 Å². The minimum absolute atomic E-state index is 0.103. The summed E-state index contributed by atoms with van der Waals surface area (Å²) in [6, 6.07) is 12.9. The zero-order valence-corrected chi connectivity index (χ0v) is 17.8. The molecule has 0 saturated heterocycles. The molecule has 0 unspecified atom stereocenters. The molecule has 1 heterocycles. The summed E-state index contributed by atoms with van der Waals surface area (Å²) in [6.07, 6.45) is 0.148.